The predicted octanol–water partition coefficient (Wildman–Crippen LogP) is 3.39. The molecular weight excluding hydrogens is 515 g/mol. The molecule has 0 aliphatic carbocycles. The van der Waals surface area contributed by atoms with Crippen LogP contribution in [-0.4, -0.2) is 35.2 Å². The first-order valence-corrected chi connectivity index (χ1v) is 9.92. The molecule has 0 spiro atoms. The number of aryl methyl sites for hydroxylation is 2. The maximum atomic E-state index is 12.3. The molecule has 1 heterocycles. The number of hydrogen-bond donors (Lipinski definition) is 3. The molecular formula is C24H27IN6O. The quantitative estimate of drug-likeness (QED) is 0.193. The number of guanidine groups is 1. The van der Waals surface area contributed by atoms with E-state index < -0.39 is 0 Å². The van der Waals surface area contributed by atoms with E-state index in [1.54, 1.807) is 25.2 Å². The van der Waals surface area contributed by atoms with Gasteiger partial charge in [-0.1, -0.05) is 30.2 Å². The summed E-state index contributed by atoms with van der Waals surface area (Å²) in [5.74, 6) is 2.88. The third-order valence-electron chi connectivity index (χ3n) is 4.63. The van der Waals surface area contributed by atoms with Gasteiger partial charge in [0.1, 0.15) is 0 Å². The molecule has 32 heavy (non-hydrogen) atoms. The van der Waals surface area contributed by atoms with Gasteiger partial charge in [-0.15, -0.1) is 30.4 Å². The highest BCUT2D eigenvalue weighted by atomic mass is 127. The molecule has 166 valence electrons. The van der Waals surface area contributed by atoms with Crippen molar-refractivity contribution in [1.29, 1.82) is 0 Å². The van der Waals surface area contributed by atoms with Crippen molar-refractivity contribution in [2.45, 2.75) is 20.4 Å². The highest BCUT2D eigenvalue weighted by Crippen LogP contribution is 2.17. The first-order chi connectivity index (χ1) is 15.0. The SMILES string of the molecule is C#Cc1cccc(NC(=O)CNC(=NC)NCc2ccccc2-n2nc(C)cc2C)c1.I. The Balaban J connectivity index is 0.00000363. The molecule has 3 N–H and O–H groups in total. The lowest BCUT2D eigenvalue weighted by Crippen LogP contribution is -2.41. The van der Waals surface area contributed by atoms with Crippen LogP contribution in [0, 0.1) is 26.2 Å². The Hall–Kier alpha value is -3.32. The number of carbonyl (C=O) groups is 1. The number of rotatable bonds is 6. The lowest BCUT2D eigenvalue weighted by Gasteiger charge is -2.15. The molecule has 0 saturated carbocycles. The molecule has 3 rings (SSSR count). The number of aromatic nitrogens is 2. The summed E-state index contributed by atoms with van der Waals surface area (Å²) in [5.41, 5.74) is 5.47. The first-order valence-electron chi connectivity index (χ1n) is 9.92. The van der Waals surface area contributed by atoms with Gasteiger partial charge in [-0.2, -0.15) is 5.10 Å². The third-order valence-corrected chi connectivity index (χ3v) is 4.63. The summed E-state index contributed by atoms with van der Waals surface area (Å²) in [6.45, 7) is 4.60. The van der Waals surface area contributed by atoms with E-state index in [0.29, 0.717) is 23.8 Å². The molecule has 0 aliphatic rings. The topological polar surface area (TPSA) is 83.3 Å². The van der Waals surface area contributed by atoms with Crippen molar-refractivity contribution in [3.63, 3.8) is 0 Å². The van der Waals surface area contributed by atoms with Crippen molar-refractivity contribution in [2.75, 3.05) is 18.9 Å². The number of carbonyl (C=O) groups excluding carboxylic acids is 1. The van der Waals surface area contributed by atoms with E-state index in [9.17, 15) is 4.79 Å². The minimum absolute atomic E-state index is 0. The molecule has 8 heteroatoms. The number of nitrogens with zero attached hydrogens (tertiary/aromatic N) is 3. The number of aliphatic imine (C=N–C) groups is 1. The zero-order chi connectivity index (χ0) is 22.2. The molecule has 1 aromatic heterocycles. The standard InChI is InChI=1S/C24H26N6O.HI/c1-5-19-9-8-11-21(14-19)28-23(31)16-27-24(25-4)26-15-20-10-6-7-12-22(20)30-18(3)13-17(2)29-30;/h1,6-14H,15-16H2,2-4H3,(H,28,31)(H2,25,26,27);1H. The van der Waals surface area contributed by atoms with Crippen LogP contribution in [0.1, 0.15) is 22.5 Å². The van der Waals surface area contributed by atoms with Crippen LogP contribution < -0.4 is 16.0 Å². The van der Waals surface area contributed by atoms with Crippen LogP contribution in [0.2, 0.25) is 0 Å². The summed E-state index contributed by atoms with van der Waals surface area (Å²) < 4.78 is 1.93. The van der Waals surface area contributed by atoms with Gasteiger partial charge in [-0.25, -0.2) is 4.68 Å². The highest BCUT2D eigenvalue weighted by molar-refractivity contribution is 14.0. The Morgan fingerprint density at radius 1 is 1.12 bits per heavy atom. The summed E-state index contributed by atoms with van der Waals surface area (Å²) in [7, 11) is 1.66. The highest BCUT2D eigenvalue weighted by Gasteiger charge is 2.10. The Morgan fingerprint density at radius 2 is 1.91 bits per heavy atom. The fraction of sp³-hybridized carbons (Fsp3) is 0.208. The first kappa shape index (κ1) is 24.9. The second-order valence-electron chi connectivity index (χ2n) is 7.02. The minimum atomic E-state index is -0.194. The molecule has 0 atom stereocenters. The van der Waals surface area contributed by atoms with Crippen molar-refractivity contribution in [3.8, 4) is 18.0 Å². The van der Waals surface area contributed by atoms with Crippen LogP contribution in [0.3, 0.4) is 0 Å². The average molecular weight is 542 g/mol. The van der Waals surface area contributed by atoms with E-state index in [1.807, 2.05) is 54.9 Å². The number of benzene rings is 2. The molecule has 7 nitrogen and oxygen atoms in total. The summed E-state index contributed by atoms with van der Waals surface area (Å²) in [5, 5.41) is 13.7. The second kappa shape index (κ2) is 11.9. The number of anilines is 1. The van der Waals surface area contributed by atoms with Crippen LogP contribution >= 0.6 is 24.0 Å². The predicted molar refractivity (Wildman–Crippen MR) is 140 cm³/mol. The monoisotopic (exact) mass is 542 g/mol. The maximum absolute atomic E-state index is 12.3. The molecule has 1 amide bonds. The number of hydrogen-bond acceptors (Lipinski definition) is 3. The van der Waals surface area contributed by atoms with Gasteiger partial charge < -0.3 is 16.0 Å². The Morgan fingerprint density at radius 3 is 2.59 bits per heavy atom. The van der Waals surface area contributed by atoms with Gasteiger partial charge in [-0.3, -0.25) is 9.79 Å². The van der Waals surface area contributed by atoms with Gasteiger partial charge in [0.25, 0.3) is 0 Å². The van der Waals surface area contributed by atoms with Gasteiger partial charge in [0.05, 0.1) is 17.9 Å². The largest absolute Gasteiger partial charge is 0.352 e. The van der Waals surface area contributed by atoms with Gasteiger partial charge in [0.2, 0.25) is 5.91 Å². The van der Waals surface area contributed by atoms with Gasteiger partial charge >= 0.3 is 0 Å². The lowest BCUT2D eigenvalue weighted by atomic mass is 10.1. The van der Waals surface area contributed by atoms with E-state index >= 15 is 0 Å². The summed E-state index contributed by atoms with van der Waals surface area (Å²) in [4.78, 5) is 16.5. The molecule has 0 fully saturated rings. The molecule has 3 aromatic rings. The molecule has 0 unspecified atom stereocenters. The van der Waals surface area contributed by atoms with Crippen LogP contribution in [0.4, 0.5) is 5.69 Å². The van der Waals surface area contributed by atoms with Gasteiger partial charge in [0, 0.05) is 30.5 Å². The van der Waals surface area contributed by atoms with E-state index in [-0.39, 0.29) is 36.4 Å². The Bertz CT molecular complexity index is 1150. The van der Waals surface area contributed by atoms with Crippen LogP contribution in [-0.2, 0) is 11.3 Å². The van der Waals surface area contributed by atoms with Crippen molar-refractivity contribution < 1.29 is 4.79 Å². The van der Waals surface area contributed by atoms with E-state index in [4.69, 9.17) is 6.42 Å². The van der Waals surface area contributed by atoms with Gasteiger partial charge in [-0.05, 0) is 49.7 Å². The summed E-state index contributed by atoms with van der Waals surface area (Å²) >= 11 is 0. The second-order valence-corrected chi connectivity index (χ2v) is 7.02. The van der Waals surface area contributed by atoms with Crippen molar-refractivity contribution >= 4 is 41.5 Å². The van der Waals surface area contributed by atoms with Crippen LogP contribution in [0.25, 0.3) is 5.69 Å². The molecule has 0 radical (unpaired) electrons. The maximum Gasteiger partial charge on any atom is 0.243 e. The number of halogens is 1. The van der Waals surface area contributed by atoms with E-state index in [2.05, 4.69) is 32.0 Å². The minimum Gasteiger partial charge on any atom is -0.352 e. The fourth-order valence-corrected chi connectivity index (χ4v) is 3.20. The van der Waals surface area contributed by atoms with Crippen molar-refractivity contribution in [1.82, 2.24) is 20.4 Å². The number of nitrogens with one attached hydrogen (secondary N) is 3. The van der Waals surface area contributed by atoms with E-state index in [0.717, 1.165) is 22.6 Å². The number of terminal acetylenes is 1. The van der Waals surface area contributed by atoms with Crippen LogP contribution in [0.15, 0.2) is 59.6 Å². The summed E-state index contributed by atoms with van der Waals surface area (Å²) in [6, 6.07) is 17.2. The normalized spacial score (nSPS) is 10.6. The average Bonchev–Trinajstić information content (AvgIpc) is 3.12. The van der Waals surface area contributed by atoms with Crippen molar-refractivity contribution in [3.05, 3.63) is 77.1 Å². The fourth-order valence-electron chi connectivity index (χ4n) is 3.20. The zero-order valence-electron chi connectivity index (χ0n) is 18.3. The third kappa shape index (κ3) is 6.59. The van der Waals surface area contributed by atoms with Gasteiger partial charge in [0.15, 0.2) is 5.96 Å². The molecule has 0 aliphatic heterocycles. The Labute approximate surface area is 205 Å². The zero-order valence-corrected chi connectivity index (χ0v) is 20.7. The van der Waals surface area contributed by atoms with E-state index in [1.165, 1.54) is 0 Å². The molecule has 2 aromatic carbocycles. The molecule has 0 saturated heterocycles. The van der Waals surface area contributed by atoms with Crippen molar-refractivity contribution in [2.24, 2.45) is 4.99 Å². The molecule has 0 bridgehead atoms. The Kier molecular flexibility index (Phi) is 9.28. The van der Waals surface area contributed by atoms with Crippen LogP contribution in [0.5, 0.6) is 0 Å². The summed E-state index contributed by atoms with van der Waals surface area (Å²) in [6.07, 6.45) is 5.40. The lowest BCUT2D eigenvalue weighted by molar-refractivity contribution is -0.115. The smallest absolute Gasteiger partial charge is 0.243 e. The number of para-hydroxylation sites is 1. The number of amides is 1.